The van der Waals surface area contributed by atoms with E-state index in [4.69, 9.17) is 20.4 Å². The minimum atomic E-state index is -0.981. The highest BCUT2D eigenvalue weighted by Crippen LogP contribution is 1.95. The summed E-state index contributed by atoms with van der Waals surface area (Å²) in [6, 6.07) is 0. The number of unbranched alkanes of at least 4 members (excludes halogenated alkanes) is 3. The van der Waals surface area contributed by atoms with Crippen LogP contribution in [0.3, 0.4) is 0 Å². The van der Waals surface area contributed by atoms with Crippen LogP contribution in [0.4, 0.5) is 0 Å². The lowest BCUT2D eigenvalue weighted by molar-refractivity contribution is -0.132. The molecule has 0 unspecified atom stereocenters. The maximum atomic E-state index is 9.25. The van der Waals surface area contributed by atoms with Gasteiger partial charge in [-0.1, -0.05) is 65.8 Å². The Hall–Kier alpha value is -3.16. The number of carbonyl (C=O) groups is 4. The molecule has 0 amide bonds. The first kappa shape index (κ1) is 34.2. The average Bonchev–Trinajstić information content (AvgIpc) is 2.61. The van der Waals surface area contributed by atoms with Gasteiger partial charge in [-0.2, -0.15) is 0 Å². The number of aliphatic carboxylic acids is 4. The lowest BCUT2D eigenvalue weighted by atomic mass is 10.2. The predicted octanol–water partition coefficient (Wildman–Crippen LogP) is 3.61. The van der Waals surface area contributed by atoms with E-state index in [0.717, 1.165) is 24.3 Å². The summed E-state index contributed by atoms with van der Waals surface area (Å²) in [4.78, 5) is 37.0. The third-order valence-electron chi connectivity index (χ3n) is 1.66. The summed E-state index contributed by atoms with van der Waals surface area (Å²) in [7, 11) is 0. The molecule has 150 valence electrons. The minimum Gasteiger partial charge on any atom is -0.478 e. The van der Waals surface area contributed by atoms with Crippen molar-refractivity contribution in [1.82, 2.24) is 0 Å². The first-order valence-corrected chi connectivity index (χ1v) is 7.41. The van der Waals surface area contributed by atoms with Crippen LogP contribution in [0, 0.1) is 0 Å². The van der Waals surface area contributed by atoms with Gasteiger partial charge in [0, 0.05) is 24.3 Å². The second kappa shape index (κ2) is 33.4. The molecule has 0 saturated heterocycles. The summed E-state index contributed by atoms with van der Waals surface area (Å²) in [6.07, 6.45) is 8.87. The highest BCUT2D eigenvalue weighted by molar-refractivity contribution is 5.79. The maximum Gasteiger partial charge on any atom is 0.327 e. The number of hydrogen-bond donors (Lipinski definition) is 4. The zero-order valence-electron chi connectivity index (χ0n) is 15.4. The minimum absolute atomic E-state index is 0.833. The molecule has 0 atom stereocenters. The van der Waals surface area contributed by atoms with E-state index in [2.05, 4.69) is 40.2 Å². The Labute approximate surface area is 154 Å². The van der Waals surface area contributed by atoms with Crippen LogP contribution < -0.4 is 0 Å². The number of carboxylic acid groups (broad SMARTS) is 4. The van der Waals surface area contributed by atoms with E-state index >= 15 is 0 Å². The lowest BCUT2D eigenvalue weighted by Gasteiger charge is -1.86. The molecule has 0 aliphatic rings. The van der Waals surface area contributed by atoms with Crippen LogP contribution in [0.15, 0.2) is 50.6 Å². The molecule has 0 aromatic rings. The van der Waals surface area contributed by atoms with Crippen molar-refractivity contribution in [3.8, 4) is 0 Å². The summed E-state index contributed by atoms with van der Waals surface area (Å²) in [5.74, 6) is -3.93. The number of rotatable bonds is 7. The first-order valence-electron chi connectivity index (χ1n) is 7.41. The smallest absolute Gasteiger partial charge is 0.327 e. The van der Waals surface area contributed by atoms with Crippen molar-refractivity contribution in [2.24, 2.45) is 0 Å². The van der Waals surface area contributed by atoms with Gasteiger partial charge in [0.25, 0.3) is 0 Å². The Kier molecular flexibility index (Phi) is 44.0. The molecule has 0 radical (unpaired) electrons. The molecule has 8 heteroatoms. The van der Waals surface area contributed by atoms with E-state index in [1.807, 2.05) is 0 Å². The summed E-state index contributed by atoms with van der Waals surface area (Å²) >= 11 is 0. The molecule has 0 aliphatic heterocycles. The molecule has 0 rings (SSSR count). The zero-order chi connectivity index (χ0) is 22.0. The first-order chi connectivity index (χ1) is 12.0. The molecule has 0 aliphatic carbocycles. The van der Waals surface area contributed by atoms with Crippen molar-refractivity contribution >= 4 is 23.9 Å². The van der Waals surface area contributed by atoms with Gasteiger partial charge in [0.1, 0.15) is 0 Å². The Morgan fingerprint density at radius 1 is 0.577 bits per heavy atom. The summed E-state index contributed by atoms with van der Waals surface area (Å²) in [5, 5.41) is 30.4. The molecule has 8 nitrogen and oxygen atoms in total. The van der Waals surface area contributed by atoms with Crippen LogP contribution in [0.1, 0.15) is 39.5 Å². The van der Waals surface area contributed by atoms with Gasteiger partial charge in [-0.3, -0.25) is 0 Å². The molecular formula is C18H30O8. The van der Waals surface area contributed by atoms with E-state index in [-0.39, 0.29) is 0 Å². The van der Waals surface area contributed by atoms with E-state index in [1.54, 1.807) is 0 Å². The second-order valence-electron chi connectivity index (χ2n) is 3.88. The monoisotopic (exact) mass is 374 g/mol. The van der Waals surface area contributed by atoms with Crippen LogP contribution in [-0.4, -0.2) is 44.3 Å². The van der Waals surface area contributed by atoms with Crippen LogP contribution in [-0.2, 0) is 19.2 Å². The zero-order valence-corrected chi connectivity index (χ0v) is 15.4. The van der Waals surface area contributed by atoms with E-state index in [1.165, 1.54) is 25.7 Å². The van der Waals surface area contributed by atoms with Gasteiger partial charge in [0.2, 0.25) is 0 Å². The summed E-state index contributed by atoms with van der Waals surface area (Å²) in [6.45, 7) is 16.3. The van der Waals surface area contributed by atoms with E-state index < -0.39 is 23.9 Å². The fraction of sp³-hybridized carbons (Fsp3) is 0.333. The topological polar surface area (TPSA) is 149 Å². The second-order valence-corrected chi connectivity index (χ2v) is 3.88. The molecule has 0 heterocycles. The van der Waals surface area contributed by atoms with Gasteiger partial charge >= 0.3 is 23.9 Å². The Morgan fingerprint density at radius 2 is 0.692 bits per heavy atom. The predicted molar refractivity (Wildman–Crippen MR) is 101 cm³/mol. The molecular weight excluding hydrogens is 344 g/mol. The van der Waals surface area contributed by atoms with Crippen molar-refractivity contribution in [1.29, 1.82) is 0 Å². The average molecular weight is 374 g/mol. The van der Waals surface area contributed by atoms with Gasteiger partial charge in [0.05, 0.1) is 0 Å². The largest absolute Gasteiger partial charge is 0.478 e. The molecule has 0 bridgehead atoms. The Balaban J connectivity index is -0.0000000708. The summed E-state index contributed by atoms with van der Waals surface area (Å²) in [5.41, 5.74) is 0. The van der Waals surface area contributed by atoms with Crippen LogP contribution in [0.25, 0.3) is 0 Å². The molecule has 4 N–H and O–H groups in total. The molecule has 0 saturated carbocycles. The van der Waals surface area contributed by atoms with Gasteiger partial charge in [0.15, 0.2) is 0 Å². The third kappa shape index (κ3) is 133. The number of carboxylic acids is 4. The molecule has 26 heavy (non-hydrogen) atoms. The standard InChI is InChI=1S/C6H14.4C3H4O2/c1-3-5-6-4-2;4*1-2-3(4)5/h3-6H2,1-2H3;4*2H,1H2,(H,4,5). The molecule has 0 spiro atoms. The lowest BCUT2D eigenvalue weighted by Crippen LogP contribution is -1.82. The summed E-state index contributed by atoms with van der Waals surface area (Å²) < 4.78 is 0. The SMILES string of the molecule is C=CC(=O)O.C=CC(=O)O.C=CC(=O)O.C=CC(=O)O.CCCCCC. The van der Waals surface area contributed by atoms with Crippen LogP contribution >= 0.6 is 0 Å². The fourth-order valence-corrected chi connectivity index (χ4v) is 0.500. The van der Waals surface area contributed by atoms with Crippen molar-refractivity contribution in [2.75, 3.05) is 0 Å². The maximum absolute atomic E-state index is 9.25. The Morgan fingerprint density at radius 3 is 0.731 bits per heavy atom. The van der Waals surface area contributed by atoms with Crippen LogP contribution in [0.2, 0.25) is 0 Å². The van der Waals surface area contributed by atoms with Gasteiger partial charge in [-0.15, -0.1) is 0 Å². The van der Waals surface area contributed by atoms with Crippen molar-refractivity contribution < 1.29 is 39.6 Å². The van der Waals surface area contributed by atoms with Crippen molar-refractivity contribution in [3.63, 3.8) is 0 Å². The molecule has 0 aromatic heterocycles. The van der Waals surface area contributed by atoms with Crippen LogP contribution in [0.5, 0.6) is 0 Å². The van der Waals surface area contributed by atoms with E-state index in [0.29, 0.717) is 0 Å². The highest BCUT2D eigenvalue weighted by atomic mass is 16.4. The third-order valence-corrected chi connectivity index (χ3v) is 1.66. The van der Waals surface area contributed by atoms with Gasteiger partial charge in [-0.05, 0) is 0 Å². The molecule has 0 fully saturated rings. The van der Waals surface area contributed by atoms with Gasteiger partial charge in [-0.25, -0.2) is 19.2 Å². The highest BCUT2D eigenvalue weighted by Gasteiger charge is 1.76. The van der Waals surface area contributed by atoms with E-state index in [9.17, 15) is 19.2 Å². The van der Waals surface area contributed by atoms with Gasteiger partial charge < -0.3 is 20.4 Å². The quantitative estimate of drug-likeness (QED) is 0.390. The van der Waals surface area contributed by atoms with Crippen molar-refractivity contribution in [3.05, 3.63) is 50.6 Å². The normalized spacial score (nSPS) is 7.00. The number of hydrogen-bond acceptors (Lipinski definition) is 4. The van der Waals surface area contributed by atoms with Crippen molar-refractivity contribution in [2.45, 2.75) is 39.5 Å². The molecule has 0 aromatic carbocycles. The fourth-order valence-electron chi connectivity index (χ4n) is 0.500. The Bertz CT molecular complexity index is 349.